The van der Waals surface area contributed by atoms with Gasteiger partial charge in [0, 0.05) is 17.6 Å². The highest BCUT2D eigenvalue weighted by molar-refractivity contribution is 6.35. The number of nitrogens with one attached hydrogen (secondary N) is 1. The maximum Gasteiger partial charge on any atom is 0.261 e. The molecule has 5 nitrogen and oxygen atoms in total. The number of amides is 2. The van der Waals surface area contributed by atoms with Crippen LogP contribution in [0.3, 0.4) is 0 Å². The maximum absolute atomic E-state index is 13.0. The van der Waals surface area contributed by atoms with E-state index in [2.05, 4.69) is 5.32 Å². The minimum atomic E-state index is -0.658. The number of rotatable bonds is 8. The summed E-state index contributed by atoms with van der Waals surface area (Å²) in [5.41, 5.74) is 2.02. The summed E-state index contributed by atoms with van der Waals surface area (Å²) < 4.78 is 5.59. The third kappa shape index (κ3) is 6.94. The van der Waals surface area contributed by atoms with Gasteiger partial charge in [-0.25, -0.2) is 0 Å². The molecule has 0 aliphatic rings. The number of nitrogens with zero attached hydrogens (tertiary/aromatic N) is 1. The average molecular weight is 437 g/mol. The van der Waals surface area contributed by atoms with Gasteiger partial charge < -0.3 is 15.0 Å². The molecule has 7 heteroatoms. The summed E-state index contributed by atoms with van der Waals surface area (Å²) >= 11 is 12.0. The quantitative estimate of drug-likeness (QED) is 0.656. The Hall–Kier alpha value is -2.24. The van der Waals surface area contributed by atoms with Crippen molar-refractivity contribution in [1.29, 1.82) is 0 Å². The molecule has 156 valence electrons. The van der Waals surface area contributed by atoms with Gasteiger partial charge in [-0.15, -0.1) is 0 Å². The molecule has 2 aromatic carbocycles. The fourth-order valence-corrected chi connectivity index (χ4v) is 3.27. The topological polar surface area (TPSA) is 58.6 Å². The summed E-state index contributed by atoms with van der Waals surface area (Å²) in [5, 5.41) is 3.66. The number of carbonyl (C=O) groups is 2. The van der Waals surface area contributed by atoms with E-state index in [-0.39, 0.29) is 24.5 Å². The summed E-state index contributed by atoms with van der Waals surface area (Å²) in [6.07, 6.45) is 0. The molecular formula is C22H26Cl2N2O3. The first-order valence-corrected chi connectivity index (χ1v) is 10.2. The zero-order valence-corrected chi connectivity index (χ0v) is 18.6. The third-order valence-electron chi connectivity index (χ3n) is 4.28. The molecule has 1 N–H and O–H groups in total. The molecule has 2 aromatic rings. The lowest BCUT2D eigenvalue weighted by Crippen LogP contribution is -2.50. The number of hydrogen-bond acceptors (Lipinski definition) is 3. The summed E-state index contributed by atoms with van der Waals surface area (Å²) in [5.74, 6) is -0.173. The lowest BCUT2D eigenvalue weighted by molar-refractivity contribution is -0.142. The monoisotopic (exact) mass is 436 g/mol. The lowest BCUT2D eigenvalue weighted by Gasteiger charge is -2.29. The van der Waals surface area contributed by atoms with Gasteiger partial charge >= 0.3 is 0 Å². The maximum atomic E-state index is 13.0. The second-order valence-corrected chi connectivity index (χ2v) is 8.06. The fraction of sp³-hybridized carbons (Fsp3) is 0.364. The predicted molar refractivity (Wildman–Crippen MR) is 116 cm³/mol. The zero-order valence-electron chi connectivity index (χ0n) is 17.0. The van der Waals surface area contributed by atoms with Gasteiger partial charge in [0.2, 0.25) is 5.91 Å². The minimum Gasteiger partial charge on any atom is -0.482 e. The Morgan fingerprint density at radius 3 is 2.45 bits per heavy atom. The van der Waals surface area contributed by atoms with Gasteiger partial charge in [-0.3, -0.25) is 9.59 Å². The number of ether oxygens (including phenoxy) is 1. The average Bonchev–Trinajstić information content (AvgIpc) is 2.64. The summed E-state index contributed by atoms with van der Waals surface area (Å²) in [7, 11) is 0. The minimum absolute atomic E-state index is 0.0232. The smallest absolute Gasteiger partial charge is 0.261 e. The number of aryl methyl sites for hydroxylation is 1. The molecule has 0 aliphatic carbocycles. The van der Waals surface area contributed by atoms with Gasteiger partial charge in [0.15, 0.2) is 6.61 Å². The number of benzene rings is 2. The van der Waals surface area contributed by atoms with Crippen LogP contribution in [0.1, 0.15) is 31.9 Å². The Kier molecular flexibility index (Phi) is 8.35. The SMILES string of the molecule is Cc1cccc(CN(C(=O)COc2ccc(Cl)cc2Cl)C(C)C(=O)NC(C)C)c1. The van der Waals surface area contributed by atoms with Crippen LogP contribution < -0.4 is 10.1 Å². The molecule has 29 heavy (non-hydrogen) atoms. The summed E-state index contributed by atoms with van der Waals surface area (Å²) in [6, 6.07) is 11.9. The Morgan fingerprint density at radius 2 is 1.83 bits per heavy atom. The standard InChI is InChI=1S/C22H26Cl2N2O3/c1-14(2)25-22(28)16(4)26(12-17-7-5-6-15(3)10-17)21(27)13-29-20-9-8-18(23)11-19(20)24/h5-11,14,16H,12-13H2,1-4H3,(H,25,28). The van der Waals surface area contributed by atoms with E-state index in [1.54, 1.807) is 25.1 Å². The molecule has 0 fully saturated rings. The molecule has 2 amide bonds. The van der Waals surface area contributed by atoms with Crippen LogP contribution in [0.4, 0.5) is 0 Å². The first-order valence-electron chi connectivity index (χ1n) is 9.40. The van der Waals surface area contributed by atoms with Crippen LogP contribution in [0.2, 0.25) is 10.0 Å². The van der Waals surface area contributed by atoms with Crippen molar-refractivity contribution >= 4 is 35.0 Å². The molecule has 0 spiro atoms. The van der Waals surface area contributed by atoms with Crippen molar-refractivity contribution in [3.8, 4) is 5.75 Å². The third-order valence-corrected chi connectivity index (χ3v) is 4.81. The van der Waals surface area contributed by atoms with Gasteiger partial charge in [0.05, 0.1) is 5.02 Å². The molecule has 0 saturated heterocycles. The predicted octanol–water partition coefficient (Wildman–Crippen LogP) is 4.62. The highest BCUT2D eigenvalue weighted by Crippen LogP contribution is 2.27. The number of hydrogen-bond donors (Lipinski definition) is 1. The first kappa shape index (κ1) is 23.0. The molecule has 1 atom stereocenters. The van der Waals surface area contributed by atoms with Crippen molar-refractivity contribution in [2.45, 2.75) is 46.3 Å². The van der Waals surface area contributed by atoms with Crippen LogP contribution >= 0.6 is 23.2 Å². The van der Waals surface area contributed by atoms with Crippen LogP contribution in [-0.4, -0.2) is 35.4 Å². The number of carbonyl (C=O) groups excluding carboxylic acids is 2. The van der Waals surface area contributed by atoms with Gasteiger partial charge in [-0.05, 0) is 51.5 Å². The molecule has 0 bridgehead atoms. The molecule has 0 radical (unpaired) electrons. The fourth-order valence-electron chi connectivity index (χ4n) is 2.81. The van der Waals surface area contributed by atoms with E-state index in [1.165, 1.54) is 4.90 Å². The van der Waals surface area contributed by atoms with E-state index >= 15 is 0 Å². The van der Waals surface area contributed by atoms with Crippen LogP contribution in [0, 0.1) is 6.92 Å². The summed E-state index contributed by atoms with van der Waals surface area (Å²) in [4.78, 5) is 27.0. The van der Waals surface area contributed by atoms with Crippen LogP contribution in [0.25, 0.3) is 0 Å². The lowest BCUT2D eigenvalue weighted by atomic mass is 10.1. The normalized spacial score (nSPS) is 11.8. The van der Waals surface area contributed by atoms with E-state index in [0.29, 0.717) is 22.3 Å². The van der Waals surface area contributed by atoms with Gasteiger partial charge in [0.1, 0.15) is 11.8 Å². The Bertz CT molecular complexity index is 871. The van der Waals surface area contributed by atoms with E-state index in [4.69, 9.17) is 27.9 Å². The Labute approximate surface area is 181 Å². The first-order chi connectivity index (χ1) is 13.7. The number of halogens is 2. The highest BCUT2D eigenvalue weighted by atomic mass is 35.5. The van der Waals surface area contributed by atoms with Gasteiger partial charge in [-0.2, -0.15) is 0 Å². The van der Waals surface area contributed by atoms with Crippen molar-refractivity contribution in [1.82, 2.24) is 10.2 Å². The zero-order chi connectivity index (χ0) is 21.6. The van der Waals surface area contributed by atoms with E-state index in [0.717, 1.165) is 11.1 Å². The highest BCUT2D eigenvalue weighted by Gasteiger charge is 2.27. The van der Waals surface area contributed by atoms with Crippen LogP contribution in [-0.2, 0) is 16.1 Å². The largest absolute Gasteiger partial charge is 0.482 e. The van der Waals surface area contributed by atoms with E-state index in [9.17, 15) is 9.59 Å². The molecule has 0 heterocycles. The summed E-state index contributed by atoms with van der Waals surface area (Å²) in [6.45, 7) is 7.50. The van der Waals surface area contributed by atoms with Crippen LogP contribution in [0.5, 0.6) is 5.75 Å². The molecule has 0 aliphatic heterocycles. The van der Waals surface area contributed by atoms with Crippen molar-refractivity contribution in [3.63, 3.8) is 0 Å². The molecule has 0 aromatic heterocycles. The second-order valence-electron chi connectivity index (χ2n) is 7.21. The van der Waals surface area contributed by atoms with E-state index in [1.807, 2.05) is 45.0 Å². The van der Waals surface area contributed by atoms with E-state index < -0.39 is 6.04 Å². The molecular weight excluding hydrogens is 411 g/mol. The molecule has 0 saturated carbocycles. The second kappa shape index (κ2) is 10.5. The van der Waals surface area contributed by atoms with Crippen molar-refractivity contribution in [3.05, 3.63) is 63.6 Å². The Morgan fingerprint density at radius 1 is 1.10 bits per heavy atom. The molecule has 2 rings (SSSR count). The van der Waals surface area contributed by atoms with Crippen molar-refractivity contribution in [2.75, 3.05) is 6.61 Å². The Balaban J connectivity index is 2.17. The van der Waals surface area contributed by atoms with Crippen LogP contribution in [0.15, 0.2) is 42.5 Å². The van der Waals surface area contributed by atoms with Crippen molar-refractivity contribution < 1.29 is 14.3 Å². The van der Waals surface area contributed by atoms with Crippen molar-refractivity contribution in [2.24, 2.45) is 0 Å². The van der Waals surface area contributed by atoms with Gasteiger partial charge in [-0.1, -0.05) is 53.0 Å². The molecule has 1 unspecified atom stereocenters. The van der Waals surface area contributed by atoms with Gasteiger partial charge in [0.25, 0.3) is 5.91 Å².